The molecule has 0 amide bonds. The van der Waals surface area contributed by atoms with Crippen molar-refractivity contribution in [2.24, 2.45) is 4.99 Å². The number of hydrogen-bond donors (Lipinski definition) is 2. The van der Waals surface area contributed by atoms with E-state index < -0.39 is 0 Å². The van der Waals surface area contributed by atoms with Gasteiger partial charge < -0.3 is 15.5 Å². The molecule has 5 nitrogen and oxygen atoms in total. The van der Waals surface area contributed by atoms with Crippen LogP contribution >= 0.6 is 0 Å². The lowest BCUT2D eigenvalue weighted by Crippen LogP contribution is -2.45. The summed E-state index contributed by atoms with van der Waals surface area (Å²) in [5.74, 6) is 0.918. The number of aliphatic imine (C=N–C) groups is 1. The first kappa shape index (κ1) is 19.2. The van der Waals surface area contributed by atoms with Crippen molar-refractivity contribution in [3.63, 3.8) is 0 Å². The predicted octanol–water partition coefficient (Wildman–Crippen LogP) is 2.43. The Morgan fingerprint density at radius 1 is 1.19 bits per heavy atom. The average molecular weight is 358 g/mol. The van der Waals surface area contributed by atoms with Crippen LogP contribution in [0.25, 0.3) is 0 Å². The van der Waals surface area contributed by atoms with E-state index in [1.807, 2.05) is 7.05 Å². The first-order valence-corrected chi connectivity index (χ1v) is 10.1. The molecule has 3 rings (SSSR count). The molecule has 2 fully saturated rings. The van der Waals surface area contributed by atoms with Gasteiger partial charge in [0.25, 0.3) is 0 Å². The number of hydrogen-bond acceptors (Lipinski definition) is 3. The van der Waals surface area contributed by atoms with Crippen LogP contribution in [-0.4, -0.2) is 62.1 Å². The summed E-state index contributed by atoms with van der Waals surface area (Å²) in [4.78, 5) is 9.31. The summed E-state index contributed by atoms with van der Waals surface area (Å²) in [6.45, 7) is 4.16. The van der Waals surface area contributed by atoms with E-state index in [4.69, 9.17) is 0 Å². The minimum absolute atomic E-state index is 0.516. The van der Waals surface area contributed by atoms with E-state index in [9.17, 15) is 0 Å². The fraction of sp³-hybridized carbons (Fsp3) is 0.667. The Hall–Kier alpha value is -1.59. The molecule has 1 aromatic carbocycles. The van der Waals surface area contributed by atoms with Crippen LogP contribution in [0.1, 0.15) is 43.2 Å². The van der Waals surface area contributed by atoms with E-state index in [2.05, 4.69) is 63.8 Å². The number of likely N-dealkylation sites (tertiary alicyclic amines) is 1. The standard InChI is InChI=1S/C21H35N5/c1-22-21(23-14-17-7-6-8-18(13-17)15-25(2)3)24-19-11-12-26(16-19)20-9-4-5-10-20/h6-8,13,19-20H,4-5,9-12,14-16H2,1-3H3,(H2,22,23,24). The summed E-state index contributed by atoms with van der Waals surface area (Å²) in [6, 6.07) is 10.1. The number of guanidine groups is 1. The molecule has 0 aromatic heterocycles. The molecule has 1 aliphatic carbocycles. The average Bonchev–Trinajstić information content (AvgIpc) is 3.29. The molecular weight excluding hydrogens is 322 g/mol. The Morgan fingerprint density at radius 2 is 1.96 bits per heavy atom. The van der Waals surface area contributed by atoms with Gasteiger partial charge in [-0.1, -0.05) is 37.1 Å². The summed E-state index contributed by atoms with van der Waals surface area (Å²) >= 11 is 0. The smallest absolute Gasteiger partial charge is 0.191 e. The second-order valence-corrected chi connectivity index (χ2v) is 8.05. The van der Waals surface area contributed by atoms with Gasteiger partial charge in [0.15, 0.2) is 5.96 Å². The lowest BCUT2D eigenvalue weighted by molar-refractivity contribution is 0.242. The van der Waals surface area contributed by atoms with Crippen LogP contribution in [0, 0.1) is 0 Å². The lowest BCUT2D eigenvalue weighted by atomic mass is 10.1. The maximum Gasteiger partial charge on any atom is 0.191 e. The highest BCUT2D eigenvalue weighted by atomic mass is 15.3. The number of rotatable bonds is 6. The SMILES string of the molecule is CN=C(NCc1cccc(CN(C)C)c1)NC1CCN(C2CCCC2)C1. The summed E-state index contributed by atoms with van der Waals surface area (Å²) < 4.78 is 0. The Morgan fingerprint density at radius 3 is 2.69 bits per heavy atom. The van der Waals surface area contributed by atoms with Crippen LogP contribution < -0.4 is 10.6 Å². The lowest BCUT2D eigenvalue weighted by Gasteiger charge is -2.24. The topological polar surface area (TPSA) is 42.9 Å². The molecule has 1 unspecified atom stereocenters. The molecule has 144 valence electrons. The normalized spacial score (nSPS) is 22.3. The van der Waals surface area contributed by atoms with Gasteiger partial charge in [-0.05, 0) is 44.5 Å². The first-order valence-electron chi connectivity index (χ1n) is 10.1. The van der Waals surface area contributed by atoms with Crippen LogP contribution in [0.3, 0.4) is 0 Å². The van der Waals surface area contributed by atoms with E-state index in [1.165, 1.54) is 49.8 Å². The molecule has 5 heteroatoms. The zero-order chi connectivity index (χ0) is 18.4. The second-order valence-electron chi connectivity index (χ2n) is 8.05. The molecular formula is C21H35N5. The van der Waals surface area contributed by atoms with Crippen molar-refractivity contribution in [2.75, 3.05) is 34.2 Å². The highest BCUT2D eigenvalue weighted by Gasteiger charge is 2.30. The molecule has 1 aliphatic heterocycles. The Labute approximate surface area is 158 Å². The summed E-state index contributed by atoms with van der Waals surface area (Å²) in [6.07, 6.45) is 6.83. The van der Waals surface area contributed by atoms with Crippen molar-refractivity contribution in [2.45, 2.75) is 57.3 Å². The van der Waals surface area contributed by atoms with Crippen molar-refractivity contribution < 1.29 is 0 Å². The quantitative estimate of drug-likeness (QED) is 0.606. The third kappa shape index (κ3) is 5.45. The third-order valence-corrected chi connectivity index (χ3v) is 5.58. The Balaban J connectivity index is 1.46. The van der Waals surface area contributed by atoms with Crippen molar-refractivity contribution >= 4 is 5.96 Å². The summed E-state index contributed by atoms with van der Waals surface area (Å²) in [5, 5.41) is 7.11. The molecule has 1 atom stereocenters. The molecule has 1 saturated heterocycles. The molecule has 26 heavy (non-hydrogen) atoms. The molecule has 0 radical (unpaired) electrons. The minimum atomic E-state index is 0.516. The zero-order valence-corrected chi connectivity index (χ0v) is 16.7. The van der Waals surface area contributed by atoms with E-state index >= 15 is 0 Å². The van der Waals surface area contributed by atoms with Gasteiger partial charge in [-0.2, -0.15) is 0 Å². The van der Waals surface area contributed by atoms with Crippen molar-refractivity contribution in [1.82, 2.24) is 20.4 Å². The van der Waals surface area contributed by atoms with Crippen LogP contribution in [-0.2, 0) is 13.1 Å². The predicted molar refractivity (Wildman–Crippen MR) is 109 cm³/mol. The number of nitrogens with one attached hydrogen (secondary N) is 2. The molecule has 1 saturated carbocycles. The highest BCUT2D eigenvalue weighted by Crippen LogP contribution is 2.26. The highest BCUT2D eigenvalue weighted by molar-refractivity contribution is 5.80. The van der Waals surface area contributed by atoms with Gasteiger partial charge in [0.1, 0.15) is 0 Å². The largest absolute Gasteiger partial charge is 0.352 e. The number of nitrogens with zero attached hydrogens (tertiary/aromatic N) is 3. The molecule has 0 spiro atoms. The number of benzene rings is 1. The van der Waals surface area contributed by atoms with Crippen molar-refractivity contribution in [3.05, 3.63) is 35.4 Å². The molecule has 1 aromatic rings. The first-order chi connectivity index (χ1) is 12.6. The zero-order valence-electron chi connectivity index (χ0n) is 16.7. The van der Waals surface area contributed by atoms with Gasteiger partial charge in [0.05, 0.1) is 0 Å². The van der Waals surface area contributed by atoms with Crippen LogP contribution in [0.5, 0.6) is 0 Å². The molecule has 2 N–H and O–H groups in total. The van der Waals surface area contributed by atoms with Crippen molar-refractivity contribution in [1.29, 1.82) is 0 Å². The van der Waals surface area contributed by atoms with Gasteiger partial charge in [-0.15, -0.1) is 0 Å². The summed E-state index contributed by atoms with van der Waals surface area (Å²) in [7, 11) is 6.07. The monoisotopic (exact) mass is 357 g/mol. The van der Waals surface area contributed by atoms with Gasteiger partial charge in [-0.25, -0.2) is 0 Å². The third-order valence-electron chi connectivity index (χ3n) is 5.58. The fourth-order valence-electron chi connectivity index (χ4n) is 4.28. The van der Waals surface area contributed by atoms with Crippen molar-refractivity contribution in [3.8, 4) is 0 Å². The van der Waals surface area contributed by atoms with Gasteiger partial charge >= 0.3 is 0 Å². The van der Waals surface area contributed by atoms with Crippen LogP contribution in [0.15, 0.2) is 29.3 Å². The Kier molecular flexibility index (Phi) is 6.92. The van der Waals surface area contributed by atoms with E-state index in [0.29, 0.717) is 6.04 Å². The molecule has 0 bridgehead atoms. The van der Waals surface area contributed by atoms with Crippen LogP contribution in [0.4, 0.5) is 0 Å². The van der Waals surface area contributed by atoms with Gasteiger partial charge in [0, 0.05) is 45.3 Å². The van der Waals surface area contributed by atoms with Crippen LogP contribution in [0.2, 0.25) is 0 Å². The van der Waals surface area contributed by atoms with E-state index in [0.717, 1.165) is 31.6 Å². The molecule has 2 aliphatic rings. The maximum absolute atomic E-state index is 4.43. The van der Waals surface area contributed by atoms with Gasteiger partial charge in [-0.3, -0.25) is 9.89 Å². The Bertz CT molecular complexity index is 592. The summed E-state index contributed by atoms with van der Waals surface area (Å²) in [5.41, 5.74) is 2.64. The fourth-order valence-corrected chi connectivity index (χ4v) is 4.28. The second kappa shape index (κ2) is 9.38. The van der Waals surface area contributed by atoms with Gasteiger partial charge in [0.2, 0.25) is 0 Å². The minimum Gasteiger partial charge on any atom is -0.352 e. The maximum atomic E-state index is 4.43. The van der Waals surface area contributed by atoms with E-state index in [1.54, 1.807) is 0 Å². The molecule has 1 heterocycles. The van der Waals surface area contributed by atoms with E-state index in [-0.39, 0.29) is 0 Å².